The highest BCUT2D eigenvalue weighted by Crippen LogP contribution is 2.26. The van der Waals surface area contributed by atoms with Gasteiger partial charge in [0, 0.05) is 6.07 Å². The third-order valence-electron chi connectivity index (χ3n) is 2.01. The number of halogens is 2. The Morgan fingerprint density at radius 3 is 2.26 bits per heavy atom. The van der Waals surface area contributed by atoms with Gasteiger partial charge in [0.2, 0.25) is 10.6 Å². The topological polar surface area (TPSA) is 80.9 Å². The largest absolute Gasteiger partial charge is 0.497 e. The van der Waals surface area contributed by atoms with Crippen molar-refractivity contribution in [2.45, 2.75) is 0 Å². The van der Waals surface area contributed by atoms with Crippen LogP contribution in [0, 0.1) is 11.3 Å². The van der Waals surface area contributed by atoms with E-state index in [0.717, 1.165) is 0 Å². The van der Waals surface area contributed by atoms with Crippen molar-refractivity contribution in [3.63, 3.8) is 0 Å². The molecule has 1 aromatic carbocycles. The van der Waals surface area contributed by atoms with Crippen LogP contribution in [0.3, 0.4) is 0 Å². The molecule has 1 aromatic heterocycles. The number of hydrogen-bond acceptors (Lipinski definition) is 6. The highest BCUT2D eigenvalue weighted by atomic mass is 35.5. The van der Waals surface area contributed by atoms with Crippen LogP contribution in [0.4, 0.5) is 0 Å². The maximum absolute atomic E-state index is 8.89. The molecule has 0 unspecified atom stereocenters. The van der Waals surface area contributed by atoms with E-state index >= 15 is 0 Å². The fourth-order valence-electron chi connectivity index (χ4n) is 1.27. The van der Waals surface area contributed by atoms with E-state index in [2.05, 4.69) is 15.0 Å². The fraction of sp³-hybridized carbons (Fsp3) is 0.0909. The number of nitriles is 1. The molecule has 0 amide bonds. The molecule has 0 aliphatic carbocycles. The minimum absolute atomic E-state index is 0.0675. The zero-order valence-electron chi connectivity index (χ0n) is 9.59. The summed E-state index contributed by atoms with van der Waals surface area (Å²) in [6, 6.07) is 6.57. The van der Waals surface area contributed by atoms with Gasteiger partial charge in [0.05, 0.1) is 18.7 Å². The number of nitrogens with zero attached hydrogens (tertiary/aromatic N) is 4. The maximum Gasteiger partial charge on any atom is 0.327 e. The smallest absolute Gasteiger partial charge is 0.327 e. The molecule has 19 heavy (non-hydrogen) atoms. The monoisotopic (exact) mass is 296 g/mol. The third kappa shape index (κ3) is 3.44. The number of aromatic nitrogens is 3. The first kappa shape index (κ1) is 13.3. The van der Waals surface area contributed by atoms with Crippen LogP contribution in [0.1, 0.15) is 5.56 Å². The van der Waals surface area contributed by atoms with Gasteiger partial charge in [-0.1, -0.05) is 0 Å². The maximum atomic E-state index is 8.89. The van der Waals surface area contributed by atoms with Crippen LogP contribution in [-0.4, -0.2) is 22.1 Å². The summed E-state index contributed by atoms with van der Waals surface area (Å²) < 4.78 is 10.4. The first-order chi connectivity index (χ1) is 9.10. The second-order valence-electron chi connectivity index (χ2n) is 3.27. The van der Waals surface area contributed by atoms with Crippen molar-refractivity contribution >= 4 is 23.2 Å². The van der Waals surface area contributed by atoms with Crippen LogP contribution in [0.2, 0.25) is 10.6 Å². The van der Waals surface area contributed by atoms with Gasteiger partial charge in [0.1, 0.15) is 11.5 Å². The summed E-state index contributed by atoms with van der Waals surface area (Å²) in [5.41, 5.74) is 0.376. The highest BCUT2D eigenvalue weighted by Gasteiger charge is 2.08. The average molecular weight is 297 g/mol. The molecule has 0 aliphatic rings. The number of ether oxygens (including phenoxy) is 2. The van der Waals surface area contributed by atoms with Crippen molar-refractivity contribution in [3.05, 3.63) is 34.3 Å². The summed E-state index contributed by atoms with van der Waals surface area (Å²) >= 11 is 11.3. The van der Waals surface area contributed by atoms with Crippen LogP contribution in [0.5, 0.6) is 17.5 Å². The van der Waals surface area contributed by atoms with Crippen molar-refractivity contribution < 1.29 is 9.47 Å². The molecular formula is C11H6Cl2N4O2. The predicted octanol–water partition coefficient (Wildman–Crippen LogP) is 2.85. The first-order valence-corrected chi connectivity index (χ1v) is 5.70. The van der Waals surface area contributed by atoms with Gasteiger partial charge in [-0.3, -0.25) is 0 Å². The number of hydrogen-bond donors (Lipinski definition) is 0. The van der Waals surface area contributed by atoms with Crippen LogP contribution in [0.15, 0.2) is 18.2 Å². The Kier molecular flexibility index (Phi) is 4.00. The minimum Gasteiger partial charge on any atom is -0.497 e. The molecule has 0 fully saturated rings. The van der Waals surface area contributed by atoms with E-state index in [1.54, 1.807) is 12.1 Å². The van der Waals surface area contributed by atoms with E-state index in [9.17, 15) is 0 Å². The van der Waals surface area contributed by atoms with E-state index in [0.29, 0.717) is 17.1 Å². The molecule has 0 saturated carbocycles. The molecule has 2 aromatic rings. The quantitative estimate of drug-likeness (QED) is 0.866. The van der Waals surface area contributed by atoms with E-state index in [1.807, 2.05) is 6.07 Å². The lowest BCUT2D eigenvalue weighted by molar-refractivity contribution is 0.403. The van der Waals surface area contributed by atoms with E-state index in [-0.39, 0.29) is 16.6 Å². The second-order valence-corrected chi connectivity index (χ2v) is 3.94. The Balaban J connectivity index is 2.35. The lowest BCUT2D eigenvalue weighted by atomic mass is 10.2. The molecule has 0 N–H and O–H groups in total. The number of methoxy groups -OCH3 is 1. The van der Waals surface area contributed by atoms with Crippen LogP contribution < -0.4 is 9.47 Å². The van der Waals surface area contributed by atoms with Crippen LogP contribution in [0.25, 0.3) is 0 Å². The fourth-order valence-corrected chi connectivity index (χ4v) is 1.62. The molecule has 1 heterocycles. The van der Waals surface area contributed by atoms with Crippen molar-refractivity contribution in [1.29, 1.82) is 5.26 Å². The van der Waals surface area contributed by atoms with Crippen molar-refractivity contribution in [2.24, 2.45) is 0 Å². The predicted molar refractivity (Wildman–Crippen MR) is 67.6 cm³/mol. The Bertz CT molecular complexity index is 637. The Morgan fingerprint density at radius 2 is 1.68 bits per heavy atom. The summed E-state index contributed by atoms with van der Waals surface area (Å²) in [6.45, 7) is 0. The van der Waals surface area contributed by atoms with Gasteiger partial charge < -0.3 is 9.47 Å². The second kappa shape index (κ2) is 5.69. The van der Waals surface area contributed by atoms with Crippen LogP contribution in [-0.2, 0) is 0 Å². The van der Waals surface area contributed by atoms with Gasteiger partial charge in [-0.15, -0.1) is 0 Å². The Morgan fingerprint density at radius 1 is 1.05 bits per heavy atom. The molecule has 0 atom stereocenters. The normalized spacial score (nSPS) is 9.79. The van der Waals surface area contributed by atoms with Gasteiger partial charge in [0.15, 0.2) is 0 Å². The third-order valence-corrected chi connectivity index (χ3v) is 2.35. The van der Waals surface area contributed by atoms with Crippen molar-refractivity contribution in [3.8, 4) is 23.6 Å². The SMILES string of the molecule is COc1cc(C#N)cc(Oc2nc(Cl)nc(Cl)n2)c1. The number of rotatable bonds is 3. The zero-order chi connectivity index (χ0) is 13.8. The molecule has 0 spiro atoms. The molecular weight excluding hydrogens is 291 g/mol. The molecule has 96 valence electrons. The lowest BCUT2D eigenvalue weighted by Crippen LogP contribution is -1.96. The number of benzene rings is 1. The summed E-state index contributed by atoms with van der Waals surface area (Å²) in [7, 11) is 1.48. The molecule has 0 radical (unpaired) electrons. The molecule has 8 heteroatoms. The van der Waals surface area contributed by atoms with E-state index < -0.39 is 0 Å². The van der Waals surface area contributed by atoms with Gasteiger partial charge >= 0.3 is 6.01 Å². The van der Waals surface area contributed by atoms with Crippen LogP contribution >= 0.6 is 23.2 Å². The van der Waals surface area contributed by atoms with Crippen molar-refractivity contribution in [1.82, 2.24) is 15.0 Å². The van der Waals surface area contributed by atoms with Gasteiger partial charge in [-0.2, -0.15) is 20.2 Å². The summed E-state index contributed by atoms with van der Waals surface area (Å²) in [5.74, 6) is 0.800. The Hall–Kier alpha value is -2.10. The molecule has 0 saturated heterocycles. The molecule has 0 bridgehead atoms. The molecule has 2 rings (SSSR count). The lowest BCUT2D eigenvalue weighted by Gasteiger charge is -2.06. The standard InChI is InChI=1S/C11H6Cl2N4O2/c1-18-7-2-6(5-14)3-8(4-7)19-11-16-9(12)15-10(13)17-11/h2-4H,1H3. The minimum atomic E-state index is -0.0848. The van der Waals surface area contributed by atoms with Gasteiger partial charge in [-0.25, -0.2) is 0 Å². The first-order valence-electron chi connectivity index (χ1n) is 4.95. The molecule has 6 nitrogen and oxygen atoms in total. The van der Waals surface area contributed by atoms with Gasteiger partial charge in [0.25, 0.3) is 0 Å². The summed E-state index contributed by atoms with van der Waals surface area (Å²) in [4.78, 5) is 11.1. The Labute approximate surface area is 118 Å². The summed E-state index contributed by atoms with van der Waals surface area (Å²) in [6.07, 6.45) is 0. The zero-order valence-corrected chi connectivity index (χ0v) is 11.1. The van der Waals surface area contributed by atoms with E-state index in [1.165, 1.54) is 13.2 Å². The average Bonchev–Trinajstić information content (AvgIpc) is 2.37. The molecule has 0 aliphatic heterocycles. The summed E-state index contributed by atoms with van der Waals surface area (Å²) in [5, 5.41) is 8.72. The highest BCUT2D eigenvalue weighted by molar-refractivity contribution is 6.31. The van der Waals surface area contributed by atoms with Crippen molar-refractivity contribution in [2.75, 3.05) is 7.11 Å². The van der Waals surface area contributed by atoms with E-state index in [4.69, 9.17) is 37.9 Å². The van der Waals surface area contributed by atoms with Gasteiger partial charge in [-0.05, 0) is 35.3 Å².